The summed E-state index contributed by atoms with van der Waals surface area (Å²) in [6, 6.07) is 8.76. The number of anilines is 1. The Morgan fingerprint density at radius 1 is 1.40 bits per heavy atom. The molecule has 2 bridgehead atoms. The van der Waals surface area contributed by atoms with Crippen LogP contribution in [0.15, 0.2) is 24.3 Å². The summed E-state index contributed by atoms with van der Waals surface area (Å²) in [6.07, 6.45) is 1.60. The number of benzene rings is 1. The van der Waals surface area contributed by atoms with Crippen molar-refractivity contribution in [1.82, 2.24) is 0 Å². The monoisotopic (exact) mass is 205 g/mol. The maximum absolute atomic E-state index is 5.59. The Morgan fingerprint density at radius 2 is 2.27 bits per heavy atom. The van der Waals surface area contributed by atoms with E-state index in [1.54, 1.807) is 7.11 Å². The Hall–Kier alpha value is -1.22. The minimum Gasteiger partial charge on any atom is -0.495 e. The van der Waals surface area contributed by atoms with E-state index in [2.05, 4.69) is 17.0 Å². The van der Waals surface area contributed by atoms with Crippen molar-refractivity contribution in [3.05, 3.63) is 24.3 Å². The molecule has 0 amide bonds. The first-order valence-corrected chi connectivity index (χ1v) is 5.40. The van der Waals surface area contributed by atoms with E-state index in [4.69, 9.17) is 9.47 Å². The van der Waals surface area contributed by atoms with Crippen LogP contribution in [0, 0.1) is 0 Å². The molecule has 0 aromatic heterocycles. The van der Waals surface area contributed by atoms with Crippen molar-refractivity contribution in [3.8, 4) is 5.75 Å². The van der Waals surface area contributed by atoms with Gasteiger partial charge < -0.3 is 14.4 Å². The van der Waals surface area contributed by atoms with Crippen molar-refractivity contribution in [3.63, 3.8) is 0 Å². The predicted molar refractivity (Wildman–Crippen MR) is 58.5 cm³/mol. The molecule has 3 nitrogen and oxygen atoms in total. The van der Waals surface area contributed by atoms with Gasteiger partial charge in [0, 0.05) is 6.54 Å². The fourth-order valence-electron chi connectivity index (χ4n) is 2.56. The third-order valence-corrected chi connectivity index (χ3v) is 3.29. The van der Waals surface area contributed by atoms with E-state index < -0.39 is 0 Å². The lowest BCUT2D eigenvalue weighted by Crippen LogP contribution is -2.37. The van der Waals surface area contributed by atoms with E-state index in [0.717, 1.165) is 25.3 Å². The molecule has 80 valence electrons. The first-order valence-electron chi connectivity index (χ1n) is 5.40. The van der Waals surface area contributed by atoms with E-state index in [-0.39, 0.29) is 0 Å². The van der Waals surface area contributed by atoms with Crippen LogP contribution < -0.4 is 9.64 Å². The van der Waals surface area contributed by atoms with Crippen molar-refractivity contribution >= 4 is 5.69 Å². The average Bonchev–Trinajstić information content (AvgIpc) is 2.90. The molecular formula is C12H15NO2. The summed E-state index contributed by atoms with van der Waals surface area (Å²) in [5, 5.41) is 0. The second-order valence-corrected chi connectivity index (χ2v) is 4.17. The molecule has 2 aliphatic heterocycles. The molecule has 0 saturated carbocycles. The molecule has 2 fully saturated rings. The Balaban J connectivity index is 1.92. The molecule has 2 saturated heterocycles. The minimum absolute atomic E-state index is 0.430. The molecule has 3 heteroatoms. The number of hydrogen-bond acceptors (Lipinski definition) is 3. The number of methoxy groups -OCH3 is 1. The number of rotatable bonds is 2. The van der Waals surface area contributed by atoms with E-state index >= 15 is 0 Å². The van der Waals surface area contributed by atoms with E-state index in [1.165, 1.54) is 5.69 Å². The Labute approximate surface area is 89.6 Å². The van der Waals surface area contributed by atoms with Gasteiger partial charge in [-0.1, -0.05) is 12.1 Å². The third-order valence-electron chi connectivity index (χ3n) is 3.29. The van der Waals surface area contributed by atoms with Gasteiger partial charge in [0.15, 0.2) is 0 Å². The molecule has 15 heavy (non-hydrogen) atoms. The molecule has 3 rings (SSSR count). The van der Waals surface area contributed by atoms with Gasteiger partial charge in [0.25, 0.3) is 0 Å². The molecule has 2 atom stereocenters. The largest absolute Gasteiger partial charge is 0.495 e. The highest BCUT2D eigenvalue weighted by Crippen LogP contribution is 2.37. The van der Waals surface area contributed by atoms with Crippen LogP contribution >= 0.6 is 0 Å². The molecule has 1 aromatic carbocycles. The van der Waals surface area contributed by atoms with E-state index in [1.807, 2.05) is 12.1 Å². The van der Waals surface area contributed by atoms with E-state index in [0.29, 0.717) is 12.1 Å². The van der Waals surface area contributed by atoms with Gasteiger partial charge in [-0.25, -0.2) is 0 Å². The lowest BCUT2D eigenvalue weighted by molar-refractivity contribution is 0.0990. The second-order valence-electron chi connectivity index (χ2n) is 4.17. The first kappa shape index (κ1) is 9.04. The predicted octanol–water partition coefficient (Wildman–Crippen LogP) is 1.67. The van der Waals surface area contributed by atoms with Crippen molar-refractivity contribution in [1.29, 1.82) is 0 Å². The van der Waals surface area contributed by atoms with Gasteiger partial charge >= 0.3 is 0 Å². The molecule has 1 aromatic rings. The van der Waals surface area contributed by atoms with Gasteiger partial charge in [-0.3, -0.25) is 0 Å². The lowest BCUT2D eigenvalue weighted by atomic mass is 10.2. The van der Waals surface area contributed by atoms with Crippen molar-refractivity contribution in [2.24, 2.45) is 0 Å². The second kappa shape index (κ2) is 3.42. The van der Waals surface area contributed by atoms with E-state index in [9.17, 15) is 0 Å². The normalized spacial score (nSPS) is 28.5. The molecule has 2 aliphatic rings. The smallest absolute Gasteiger partial charge is 0.142 e. The molecule has 0 spiro atoms. The third kappa shape index (κ3) is 1.38. The zero-order chi connectivity index (χ0) is 10.3. The summed E-state index contributed by atoms with van der Waals surface area (Å²) in [6.45, 7) is 1.87. The Kier molecular flexibility index (Phi) is 2.06. The van der Waals surface area contributed by atoms with Crippen LogP contribution in [0.2, 0.25) is 0 Å². The summed E-state index contributed by atoms with van der Waals surface area (Å²) < 4.78 is 11.0. The maximum Gasteiger partial charge on any atom is 0.142 e. The van der Waals surface area contributed by atoms with Crippen LogP contribution in [0.3, 0.4) is 0 Å². The van der Waals surface area contributed by atoms with Crippen LogP contribution in [0.1, 0.15) is 6.42 Å². The van der Waals surface area contributed by atoms with Gasteiger partial charge in [-0.2, -0.15) is 0 Å². The SMILES string of the molecule is COc1ccccc1N1CC2CC1CO2. The van der Waals surface area contributed by atoms with Crippen LogP contribution in [-0.2, 0) is 4.74 Å². The Bertz CT molecular complexity index is 366. The molecule has 0 radical (unpaired) electrons. The Morgan fingerprint density at radius 3 is 2.93 bits per heavy atom. The highest BCUT2D eigenvalue weighted by atomic mass is 16.5. The number of fused-ring (bicyclic) bond motifs is 2. The standard InChI is InChI=1S/C12H15NO2/c1-14-12-5-3-2-4-11(12)13-7-10-6-9(13)8-15-10/h2-5,9-10H,6-8H2,1H3. The minimum atomic E-state index is 0.430. The lowest BCUT2D eigenvalue weighted by Gasteiger charge is -2.30. The van der Waals surface area contributed by atoms with Crippen LogP contribution in [0.5, 0.6) is 5.75 Å². The molecule has 0 aliphatic carbocycles. The summed E-state index contributed by atoms with van der Waals surface area (Å²) in [5.74, 6) is 0.963. The summed E-state index contributed by atoms with van der Waals surface area (Å²) >= 11 is 0. The van der Waals surface area contributed by atoms with Crippen molar-refractivity contribution < 1.29 is 9.47 Å². The fraction of sp³-hybridized carbons (Fsp3) is 0.500. The summed E-state index contributed by atoms with van der Waals surface area (Å²) in [7, 11) is 1.73. The van der Waals surface area contributed by atoms with Crippen molar-refractivity contribution in [2.45, 2.75) is 18.6 Å². The van der Waals surface area contributed by atoms with Crippen molar-refractivity contribution in [2.75, 3.05) is 25.2 Å². The fourth-order valence-corrected chi connectivity index (χ4v) is 2.56. The summed E-state index contributed by atoms with van der Waals surface area (Å²) in [4.78, 5) is 2.41. The number of ether oxygens (including phenoxy) is 2. The zero-order valence-electron chi connectivity index (χ0n) is 8.85. The number of para-hydroxylation sites is 2. The highest BCUT2D eigenvalue weighted by Gasteiger charge is 2.39. The van der Waals surface area contributed by atoms with Crippen LogP contribution in [0.25, 0.3) is 0 Å². The average molecular weight is 205 g/mol. The maximum atomic E-state index is 5.59. The quantitative estimate of drug-likeness (QED) is 0.733. The summed E-state index contributed by atoms with van der Waals surface area (Å²) in [5.41, 5.74) is 1.20. The van der Waals surface area contributed by atoms with Gasteiger partial charge in [0.1, 0.15) is 5.75 Å². The number of morpholine rings is 1. The molecule has 2 heterocycles. The molecule has 2 unspecified atom stereocenters. The number of hydrogen-bond donors (Lipinski definition) is 0. The van der Waals surface area contributed by atoms with Crippen LogP contribution in [0.4, 0.5) is 5.69 Å². The van der Waals surface area contributed by atoms with Gasteiger partial charge in [-0.05, 0) is 18.6 Å². The topological polar surface area (TPSA) is 21.7 Å². The van der Waals surface area contributed by atoms with Gasteiger partial charge in [0.2, 0.25) is 0 Å². The zero-order valence-corrected chi connectivity index (χ0v) is 8.85. The van der Waals surface area contributed by atoms with Gasteiger partial charge in [0.05, 0.1) is 31.5 Å². The van der Waals surface area contributed by atoms with Gasteiger partial charge in [-0.15, -0.1) is 0 Å². The van der Waals surface area contributed by atoms with Crippen LogP contribution in [-0.4, -0.2) is 32.4 Å². The highest BCUT2D eigenvalue weighted by molar-refractivity contribution is 5.60. The first-order chi connectivity index (χ1) is 7.38. The molecular weight excluding hydrogens is 190 g/mol. The molecule has 0 N–H and O–H groups in total. The number of nitrogens with zero attached hydrogens (tertiary/aromatic N) is 1.